The van der Waals surface area contributed by atoms with Gasteiger partial charge in [-0.2, -0.15) is 0 Å². The second-order valence-corrected chi connectivity index (χ2v) is 7.94. The van der Waals surface area contributed by atoms with Crippen LogP contribution in [0.25, 0.3) is 0 Å². The zero-order valence-corrected chi connectivity index (χ0v) is 18.2. The molecule has 31 heavy (non-hydrogen) atoms. The molecule has 0 spiro atoms. The van der Waals surface area contributed by atoms with Gasteiger partial charge in [0.25, 0.3) is 0 Å². The number of nitrogens with one attached hydrogen (secondary N) is 4. The first kappa shape index (κ1) is 24.4. The van der Waals surface area contributed by atoms with Crippen LogP contribution in [0.15, 0.2) is 30.3 Å². The Balaban J connectivity index is 1.82. The highest BCUT2D eigenvalue weighted by molar-refractivity contribution is 7.57. The SMILES string of the molecule is CPC(=O)C1(OCNC(=O)CNC(=O)C(Cc2ccccc2)NC(=O)CNC=O)CC1. The van der Waals surface area contributed by atoms with Crippen molar-refractivity contribution < 1.29 is 28.7 Å². The van der Waals surface area contributed by atoms with Crippen molar-refractivity contribution in [1.82, 2.24) is 21.3 Å². The summed E-state index contributed by atoms with van der Waals surface area (Å²) in [4.78, 5) is 58.7. The van der Waals surface area contributed by atoms with Crippen LogP contribution in [0.2, 0.25) is 0 Å². The van der Waals surface area contributed by atoms with Crippen molar-refractivity contribution in [3.63, 3.8) is 0 Å². The predicted octanol–water partition coefficient (Wildman–Crippen LogP) is -0.966. The second-order valence-electron chi connectivity index (χ2n) is 6.99. The molecule has 2 rings (SSSR count). The first-order valence-corrected chi connectivity index (χ1v) is 11.3. The molecule has 2 atom stereocenters. The molecule has 10 nitrogen and oxygen atoms in total. The number of hydrogen-bond acceptors (Lipinski definition) is 6. The molecule has 0 aliphatic heterocycles. The second kappa shape index (κ2) is 12.1. The average molecular weight is 450 g/mol. The van der Waals surface area contributed by atoms with Crippen molar-refractivity contribution in [1.29, 1.82) is 0 Å². The predicted molar refractivity (Wildman–Crippen MR) is 114 cm³/mol. The zero-order chi connectivity index (χ0) is 22.7. The van der Waals surface area contributed by atoms with Gasteiger partial charge in [0.2, 0.25) is 24.1 Å². The fourth-order valence-corrected chi connectivity index (χ4v) is 3.60. The van der Waals surface area contributed by atoms with E-state index in [1.807, 2.05) is 30.3 Å². The van der Waals surface area contributed by atoms with Crippen molar-refractivity contribution in [2.24, 2.45) is 0 Å². The molecule has 1 aliphatic rings. The number of carbonyl (C=O) groups is 5. The van der Waals surface area contributed by atoms with E-state index in [1.54, 1.807) is 6.66 Å². The molecule has 4 N–H and O–H groups in total. The Bertz CT molecular complexity index is 800. The minimum atomic E-state index is -0.926. The number of hydrogen-bond donors (Lipinski definition) is 4. The molecule has 1 aromatic rings. The maximum atomic E-state index is 12.6. The molecular formula is C20H27N4O6P. The standard InChI is InChI=1S/C20H27N4O6P/c1-31-19(29)20(7-8-20)30-13-23-16(26)11-22-18(28)15(24-17(27)10-21-12-25)9-14-5-3-2-4-6-14/h2-6,12,15,31H,7-11,13H2,1H3,(H,21,25)(H,22,28)(H,23,26)(H,24,27). The Hall–Kier alpha value is -2.84. The van der Waals surface area contributed by atoms with Gasteiger partial charge in [0, 0.05) is 6.42 Å². The minimum Gasteiger partial charge on any atom is -0.350 e. The lowest BCUT2D eigenvalue weighted by molar-refractivity contribution is -0.132. The summed E-state index contributed by atoms with van der Waals surface area (Å²) in [5.41, 5.74) is 0.100. The van der Waals surface area contributed by atoms with Crippen LogP contribution in [0.5, 0.6) is 0 Å². The molecule has 1 aliphatic carbocycles. The average Bonchev–Trinajstić information content (AvgIpc) is 3.56. The highest BCUT2D eigenvalue weighted by atomic mass is 31.1. The largest absolute Gasteiger partial charge is 0.350 e. The van der Waals surface area contributed by atoms with Crippen LogP contribution in [0.3, 0.4) is 0 Å². The number of amides is 4. The summed E-state index contributed by atoms with van der Waals surface area (Å²) in [5, 5.41) is 9.78. The van der Waals surface area contributed by atoms with E-state index in [2.05, 4.69) is 21.3 Å². The number of carbonyl (C=O) groups excluding carboxylic acids is 5. The molecule has 0 aromatic heterocycles. The van der Waals surface area contributed by atoms with E-state index >= 15 is 0 Å². The van der Waals surface area contributed by atoms with Crippen molar-refractivity contribution >= 4 is 38.2 Å². The van der Waals surface area contributed by atoms with Gasteiger partial charge >= 0.3 is 0 Å². The van der Waals surface area contributed by atoms with Crippen LogP contribution in [-0.4, -0.2) is 67.8 Å². The van der Waals surface area contributed by atoms with Crippen molar-refractivity contribution in [2.45, 2.75) is 30.9 Å². The monoisotopic (exact) mass is 450 g/mol. The van der Waals surface area contributed by atoms with Crippen LogP contribution in [0, 0.1) is 0 Å². The fourth-order valence-electron chi connectivity index (χ4n) is 2.82. The van der Waals surface area contributed by atoms with E-state index < -0.39 is 29.4 Å². The lowest BCUT2D eigenvalue weighted by Gasteiger charge is -2.19. The summed E-state index contributed by atoms with van der Waals surface area (Å²) in [5.74, 6) is -1.56. The normalized spacial score (nSPS) is 15.0. The van der Waals surface area contributed by atoms with E-state index in [9.17, 15) is 24.0 Å². The Morgan fingerprint density at radius 3 is 2.42 bits per heavy atom. The van der Waals surface area contributed by atoms with E-state index in [4.69, 9.17) is 4.74 Å². The summed E-state index contributed by atoms with van der Waals surface area (Å²) in [6, 6.07) is 8.15. The lowest BCUT2D eigenvalue weighted by atomic mass is 10.1. The van der Waals surface area contributed by atoms with Gasteiger partial charge in [0.15, 0.2) is 5.52 Å². The zero-order valence-electron chi connectivity index (χ0n) is 17.2. The van der Waals surface area contributed by atoms with Crippen LogP contribution < -0.4 is 21.3 Å². The highest BCUT2D eigenvalue weighted by Crippen LogP contribution is 2.44. The summed E-state index contributed by atoms with van der Waals surface area (Å²) in [6.07, 6.45) is 1.91. The van der Waals surface area contributed by atoms with Crippen molar-refractivity contribution in [3.8, 4) is 0 Å². The Morgan fingerprint density at radius 1 is 1.10 bits per heavy atom. The Kier molecular flexibility index (Phi) is 9.55. The van der Waals surface area contributed by atoms with Crippen LogP contribution >= 0.6 is 8.58 Å². The summed E-state index contributed by atoms with van der Waals surface area (Å²) < 4.78 is 5.51. The van der Waals surface area contributed by atoms with Gasteiger partial charge in [0.05, 0.1) is 13.1 Å². The third-order valence-corrected chi connectivity index (χ3v) is 5.58. The Labute approximate surface area is 182 Å². The molecule has 1 saturated carbocycles. The van der Waals surface area contributed by atoms with Gasteiger partial charge in [-0.05, 0) is 25.1 Å². The molecule has 1 aromatic carbocycles. The van der Waals surface area contributed by atoms with Gasteiger partial charge < -0.3 is 26.0 Å². The van der Waals surface area contributed by atoms with Gasteiger partial charge in [-0.1, -0.05) is 38.9 Å². The van der Waals surface area contributed by atoms with E-state index in [0.717, 1.165) is 5.56 Å². The number of ether oxygens (including phenoxy) is 1. The van der Waals surface area contributed by atoms with E-state index in [1.165, 1.54) is 0 Å². The van der Waals surface area contributed by atoms with Crippen LogP contribution in [0.1, 0.15) is 18.4 Å². The number of rotatable bonds is 14. The summed E-state index contributed by atoms with van der Waals surface area (Å²) in [7, 11) is 0.138. The van der Waals surface area contributed by atoms with Crippen LogP contribution in [0.4, 0.5) is 0 Å². The minimum absolute atomic E-state index is 0.0404. The van der Waals surface area contributed by atoms with E-state index in [-0.39, 0.29) is 40.3 Å². The maximum absolute atomic E-state index is 12.6. The van der Waals surface area contributed by atoms with Gasteiger partial charge in [-0.15, -0.1) is 0 Å². The molecule has 168 valence electrons. The lowest BCUT2D eigenvalue weighted by Crippen LogP contribution is -2.51. The summed E-state index contributed by atoms with van der Waals surface area (Å²) >= 11 is 0. The molecular weight excluding hydrogens is 423 g/mol. The smallest absolute Gasteiger partial charge is 0.243 e. The molecule has 0 heterocycles. The highest BCUT2D eigenvalue weighted by Gasteiger charge is 2.50. The Morgan fingerprint density at radius 2 is 1.81 bits per heavy atom. The quantitative estimate of drug-likeness (QED) is 0.163. The molecule has 2 unspecified atom stereocenters. The topological polar surface area (TPSA) is 143 Å². The van der Waals surface area contributed by atoms with Crippen LogP contribution in [-0.2, 0) is 35.1 Å². The molecule has 0 bridgehead atoms. The fraction of sp³-hybridized carbons (Fsp3) is 0.450. The number of benzene rings is 1. The molecule has 0 radical (unpaired) electrons. The molecule has 11 heteroatoms. The molecule has 4 amide bonds. The molecule has 0 saturated heterocycles. The van der Waals surface area contributed by atoms with Gasteiger partial charge in [-0.25, -0.2) is 0 Å². The molecule has 1 fully saturated rings. The first-order valence-electron chi connectivity index (χ1n) is 9.81. The third-order valence-electron chi connectivity index (χ3n) is 4.67. The maximum Gasteiger partial charge on any atom is 0.243 e. The van der Waals surface area contributed by atoms with E-state index in [0.29, 0.717) is 19.3 Å². The van der Waals surface area contributed by atoms with Gasteiger partial charge in [-0.3, -0.25) is 24.0 Å². The third kappa shape index (κ3) is 8.07. The van der Waals surface area contributed by atoms with Gasteiger partial charge in [0.1, 0.15) is 18.4 Å². The first-order chi connectivity index (χ1) is 14.9. The van der Waals surface area contributed by atoms with Crippen molar-refractivity contribution in [2.75, 3.05) is 26.5 Å². The van der Waals surface area contributed by atoms with Crippen molar-refractivity contribution in [3.05, 3.63) is 35.9 Å². The summed E-state index contributed by atoms with van der Waals surface area (Å²) in [6.45, 7) is 1.09.